The standard InChI is InChI=1S/C9H21N3/c1-11(2)6-7-12(3)9-4-5-10-8-9/h9-10H,4-8H2,1-3H3/t9-/m0/s1. The van der Waals surface area contributed by atoms with Gasteiger partial charge in [-0.25, -0.2) is 0 Å². The number of nitrogens with one attached hydrogen (secondary N) is 1. The van der Waals surface area contributed by atoms with E-state index in [1.54, 1.807) is 0 Å². The Kier molecular flexibility index (Phi) is 3.98. The SMILES string of the molecule is CN(C)CCN(C)[C@H]1CCNC1. The van der Waals surface area contributed by atoms with E-state index in [0.717, 1.165) is 12.6 Å². The lowest BCUT2D eigenvalue weighted by molar-refractivity contribution is 0.228. The average Bonchev–Trinajstić information content (AvgIpc) is 2.51. The van der Waals surface area contributed by atoms with Crippen molar-refractivity contribution in [3.8, 4) is 0 Å². The van der Waals surface area contributed by atoms with Gasteiger partial charge < -0.3 is 15.1 Å². The minimum Gasteiger partial charge on any atom is -0.315 e. The Balaban J connectivity index is 2.13. The van der Waals surface area contributed by atoms with E-state index in [-0.39, 0.29) is 0 Å². The lowest BCUT2D eigenvalue weighted by Gasteiger charge is -2.24. The minimum atomic E-state index is 0.768. The number of likely N-dealkylation sites (N-methyl/N-ethyl adjacent to an activating group) is 2. The molecule has 3 nitrogen and oxygen atoms in total. The van der Waals surface area contributed by atoms with Crippen LogP contribution in [0.5, 0.6) is 0 Å². The molecule has 0 amide bonds. The minimum absolute atomic E-state index is 0.768. The van der Waals surface area contributed by atoms with Gasteiger partial charge in [0.25, 0.3) is 0 Å². The first-order valence-corrected chi connectivity index (χ1v) is 4.76. The molecule has 1 saturated heterocycles. The molecule has 0 spiro atoms. The van der Waals surface area contributed by atoms with Gasteiger partial charge >= 0.3 is 0 Å². The first-order chi connectivity index (χ1) is 5.70. The van der Waals surface area contributed by atoms with Gasteiger partial charge in [-0.15, -0.1) is 0 Å². The van der Waals surface area contributed by atoms with E-state index in [4.69, 9.17) is 0 Å². The van der Waals surface area contributed by atoms with Gasteiger partial charge in [0, 0.05) is 25.7 Å². The summed E-state index contributed by atoms with van der Waals surface area (Å²) in [6, 6.07) is 0.768. The molecule has 0 aliphatic carbocycles. The van der Waals surface area contributed by atoms with Gasteiger partial charge in [-0.1, -0.05) is 0 Å². The van der Waals surface area contributed by atoms with Gasteiger partial charge in [0.15, 0.2) is 0 Å². The fraction of sp³-hybridized carbons (Fsp3) is 1.00. The average molecular weight is 171 g/mol. The molecule has 0 aromatic heterocycles. The lowest BCUT2D eigenvalue weighted by Crippen LogP contribution is -2.37. The summed E-state index contributed by atoms with van der Waals surface area (Å²) in [7, 11) is 6.47. The summed E-state index contributed by atoms with van der Waals surface area (Å²) < 4.78 is 0. The van der Waals surface area contributed by atoms with Crippen molar-refractivity contribution in [3.05, 3.63) is 0 Å². The van der Waals surface area contributed by atoms with Crippen LogP contribution in [0.15, 0.2) is 0 Å². The third-order valence-corrected chi connectivity index (χ3v) is 2.56. The second-order valence-corrected chi connectivity index (χ2v) is 3.93. The number of nitrogens with zero attached hydrogens (tertiary/aromatic N) is 2. The van der Waals surface area contributed by atoms with Gasteiger partial charge in [0.2, 0.25) is 0 Å². The number of hydrogen-bond donors (Lipinski definition) is 1. The second-order valence-electron chi connectivity index (χ2n) is 3.93. The van der Waals surface area contributed by atoms with Crippen molar-refractivity contribution >= 4 is 0 Å². The molecular formula is C9H21N3. The van der Waals surface area contributed by atoms with E-state index in [0.29, 0.717) is 0 Å². The third kappa shape index (κ3) is 3.09. The zero-order chi connectivity index (χ0) is 8.97. The van der Waals surface area contributed by atoms with Crippen molar-refractivity contribution in [2.24, 2.45) is 0 Å². The zero-order valence-electron chi connectivity index (χ0n) is 8.51. The van der Waals surface area contributed by atoms with Crippen LogP contribution in [0.1, 0.15) is 6.42 Å². The first-order valence-electron chi connectivity index (χ1n) is 4.76. The molecule has 1 aliphatic heterocycles. The van der Waals surface area contributed by atoms with Crippen LogP contribution in [-0.2, 0) is 0 Å². The van der Waals surface area contributed by atoms with Gasteiger partial charge in [0.05, 0.1) is 0 Å². The molecule has 1 rings (SSSR count). The van der Waals surface area contributed by atoms with Crippen LogP contribution in [0, 0.1) is 0 Å². The molecule has 1 fully saturated rings. The topological polar surface area (TPSA) is 18.5 Å². The lowest BCUT2D eigenvalue weighted by atomic mass is 10.2. The van der Waals surface area contributed by atoms with E-state index in [1.165, 1.54) is 26.1 Å². The van der Waals surface area contributed by atoms with Crippen molar-refractivity contribution in [2.45, 2.75) is 12.5 Å². The van der Waals surface area contributed by atoms with Gasteiger partial charge in [-0.3, -0.25) is 0 Å². The molecule has 0 bridgehead atoms. The Morgan fingerprint density at radius 1 is 1.25 bits per heavy atom. The molecule has 1 atom stereocenters. The highest BCUT2D eigenvalue weighted by Crippen LogP contribution is 2.04. The number of rotatable bonds is 4. The monoisotopic (exact) mass is 171 g/mol. The highest BCUT2D eigenvalue weighted by atomic mass is 15.2. The van der Waals surface area contributed by atoms with Crippen molar-refractivity contribution < 1.29 is 0 Å². The highest BCUT2D eigenvalue weighted by molar-refractivity contribution is 4.78. The van der Waals surface area contributed by atoms with Crippen LogP contribution in [0.3, 0.4) is 0 Å². The summed E-state index contributed by atoms with van der Waals surface area (Å²) in [5.41, 5.74) is 0. The summed E-state index contributed by atoms with van der Waals surface area (Å²) in [6.45, 7) is 4.70. The molecule has 3 heteroatoms. The quantitative estimate of drug-likeness (QED) is 0.634. The molecular weight excluding hydrogens is 150 g/mol. The van der Waals surface area contributed by atoms with Crippen LogP contribution >= 0.6 is 0 Å². The van der Waals surface area contributed by atoms with E-state index in [2.05, 4.69) is 36.3 Å². The van der Waals surface area contributed by atoms with E-state index in [1.807, 2.05) is 0 Å². The van der Waals surface area contributed by atoms with Crippen LogP contribution in [0.2, 0.25) is 0 Å². The van der Waals surface area contributed by atoms with Crippen molar-refractivity contribution in [1.29, 1.82) is 0 Å². The molecule has 0 unspecified atom stereocenters. The largest absolute Gasteiger partial charge is 0.315 e. The Bertz CT molecular complexity index is 119. The Morgan fingerprint density at radius 2 is 2.00 bits per heavy atom. The molecule has 1 aliphatic rings. The maximum Gasteiger partial charge on any atom is 0.0230 e. The Labute approximate surface area is 75.7 Å². The van der Waals surface area contributed by atoms with Crippen molar-refractivity contribution in [1.82, 2.24) is 15.1 Å². The van der Waals surface area contributed by atoms with Crippen LogP contribution in [-0.4, -0.2) is 63.2 Å². The fourth-order valence-electron chi connectivity index (χ4n) is 1.56. The van der Waals surface area contributed by atoms with E-state index in [9.17, 15) is 0 Å². The molecule has 1 heterocycles. The predicted octanol–water partition coefficient (Wildman–Crippen LogP) is -0.158. The van der Waals surface area contributed by atoms with Crippen LogP contribution < -0.4 is 5.32 Å². The maximum atomic E-state index is 3.39. The van der Waals surface area contributed by atoms with E-state index < -0.39 is 0 Å². The summed E-state index contributed by atoms with van der Waals surface area (Å²) in [4.78, 5) is 4.69. The number of hydrogen-bond acceptors (Lipinski definition) is 3. The van der Waals surface area contributed by atoms with E-state index >= 15 is 0 Å². The summed E-state index contributed by atoms with van der Waals surface area (Å²) in [5.74, 6) is 0. The zero-order valence-corrected chi connectivity index (χ0v) is 8.51. The van der Waals surface area contributed by atoms with Gasteiger partial charge in [-0.2, -0.15) is 0 Å². The van der Waals surface area contributed by atoms with Gasteiger partial charge in [0.1, 0.15) is 0 Å². The molecule has 12 heavy (non-hydrogen) atoms. The predicted molar refractivity (Wildman–Crippen MR) is 52.5 cm³/mol. The normalized spacial score (nSPS) is 24.2. The van der Waals surface area contributed by atoms with Crippen molar-refractivity contribution in [3.63, 3.8) is 0 Å². The summed E-state index contributed by atoms with van der Waals surface area (Å²) in [6.07, 6.45) is 1.31. The summed E-state index contributed by atoms with van der Waals surface area (Å²) >= 11 is 0. The third-order valence-electron chi connectivity index (χ3n) is 2.56. The molecule has 0 aromatic rings. The maximum absolute atomic E-state index is 3.39. The Hall–Kier alpha value is -0.120. The second kappa shape index (κ2) is 4.80. The molecule has 0 radical (unpaired) electrons. The molecule has 72 valence electrons. The molecule has 0 saturated carbocycles. The molecule has 0 aromatic carbocycles. The van der Waals surface area contributed by atoms with Gasteiger partial charge in [-0.05, 0) is 34.1 Å². The summed E-state index contributed by atoms with van der Waals surface area (Å²) in [5, 5.41) is 3.39. The Morgan fingerprint density at radius 3 is 2.50 bits per heavy atom. The van der Waals surface area contributed by atoms with Crippen molar-refractivity contribution in [2.75, 3.05) is 47.3 Å². The van der Waals surface area contributed by atoms with Crippen LogP contribution in [0.25, 0.3) is 0 Å². The highest BCUT2D eigenvalue weighted by Gasteiger charge is 2.18. The fourth-order valence-corrected chi connectivity index (χ4v) is 1.56. The smallest absolute Gasteiger partial charge is 0.0230 e. The van der Waals surface area contributed by atoms with Crippen LogP contribution in [0.4, 0.5) is 0 Å². The molecule has 1 N–H and O–H groups in total. The first kappa shape index (κ1) is 9.96.